The molecule has 4 rings (SSSR count). The lowest BCUT2D eigenvalue weighted by Crippen LogP contribution is -2.30. The number of imidazole rings is 1. The highest BCUT2D eigenvalue weighted by molar-refractivity contribution is 5.95. The van der Waals surface area contributed by atoms with Crippen molar-refractivity contribution in [2.45, 2.75) is 65.8 Å². The first-order valence-corrected chi connectivity index (χ1v) is 11.8. The molecule has 0 spiro atoms. The van der Waals surface area contributed by atoms with Crippen molar-refractivity contribution < 1.29 is 27.4 Å². The number of esters is 1. The zero-order chi connectivity index (χ0) is 25.5. The molecule has 2 aromatic carbocycles. The van der Waals surface area contributed by atoms with Gasteiger partial charge in [0.25, 0.3) is 0 Å². The Labute approximate surface area is 203 Å². The van der Waals surface area contributed by atoms with Crippen LogP contribution in [0.3, 0.4) is 0 Å². The number of halogens is 3. The number of ether oxygens (including phenoxy) is 2. The highest BCUT2D eigenvalue weighted by atomic mass is 19.4. The van der Waals surface area contributed by atoms with Gasteiger partial charge in [-0.1, -0.05) is 32.9 Å². The maximum Gasteiger partial charge on any atom is 0.573 e. The van der Waals surface area contributed by atoms with Crippen molar-refractivity contribution >= 4 is 17.0 Å². The summed E-state index contributed by atoms with van der Waals surface area (Å²) >= 11 is 0. The quantitative estimate of drug-likeness (QED) is 0.363. The molecule has 2 atom stereocenters. The van der Waals surface area contributed by atoms with Gasteiger partial charge >= 0.3 is 12.3 Å². The summed E-state index contributed by atoms with van der Waals surface area (Å²) in [7, 11) is 1.35. The number of nitrogens with zero attached hydrogens (tertiary/aromatic N) is 2. The highest BCUT2D eigenvalue weighted by Gasteiger charge is 2.35. The monoisotopic (exact) mass is 488 g/mol. The normalized spacial score (nSPS) is 20.1. The molecule has 1 aliphatic carbocycles. The van der Waals surface area contributed by atoms with Crippen molar-refractivity contribution in [1.82, 2.24) is 9.55 Å². The minimum atomic E-state index is -4.73. The summed E-state index contributed by atoms with van der Waals surface area (Å²) in [4.78, 5) is 17.2. The van der Waals surface area contributed by atoms with Crippen LogP contribution < -0.4 is 4.74 Å². The predicted octanol–water partition coefficient (Wildman–Crippen LogP) is 7.01. The molecule has 0 bridgehead atoms. The summed E-state index contributed by atoms with van der Waals surface area (Å²) < 4.78 is 48.8. The number of carbonyl (C=O) groups excluding carboxylic acids is 1. The summed E-state index contributed by atoms with van der Waals surface area (Å²) in [5, 5.41) is 0. The van der Waals surface area contributed by atoms with E-state index in [0.29, 0.717) is 23.4 Å². The third kappa shape index (κ3) is 5.63. The first kappa shape index (κ1) is 25.1. The van der Waals surface area contributed by atoms with Crippen LogP contribution in [0, 0.1) is 18.3 Å². The van der Waals surface area contributed by atoms with E-state index in [1.54, 1.807) is 18.2 Å². The van der Waals surface area contributed by atoms with Gasteiger partial charge in [-0.15, -0.1) is 13.2 Å². The Morgan fingerprint density at radius 2 is 1.86 bits per heavy atom. The van der Waals surface area contributed by atoms with Crippen molar-refractivity contribution in [2.75, 3.05) is 7.11 Å². The largest absolute Gasteiger partial charge is 0.573 e. The van der Waals surface area contributed by atoms with Crippen LogP contribution in [-0.2, 0) is 11.2 Å². The Morgan fingerprint density at radius 1 is 1.17 bits per heavy atom. The van der Waals surface area contributed by atoms with Gasteiger partial charge in [-0.2, -0.15) is 0 Å². The first-order chi connectivity index (χ1) is 16.3. The molecular weight excluding hydrogens is 457 g/mol. The van der Waals surface area contributed by atoms with E-state index in [4.69, 9.17) is 9.72 Å². The lowest BCUT2D eigenvalue weighted by atomic mass is 9.70. The highest BCUT2D eigenvalue weighted by Crippen LogP contribution is 2.45. The van der Waals surface area contributed by atoms with Gasteiger partial charge in [-0.05, 0) is 72.9 Å². The summed E-state index contributed by atoms with van der Waals surface area (Å²) in [6, 6.07) is 9.89. The first-order valence-electron chi connectivity index (χ1n) is 11.8. The van der Waals surface area contributed by atoms with Crippen LogP contribution in [0.1, 0.15) is 73.4 Å². The van der Waals surface area contributed by atoms with Gasteiger partial charge in [0.15, 0.2) is 0 Å². The topological polar surface area (TPSA) is 53.4 Å². The second-order valence-electron chi connectivity index (χ2n) is 10.5. The molecule has 1 fully saturated rings. The van der Waals surface area contributed by atoms with Crippen molar-refractivity contribution in [2.24, 2.45) is 11.3 Å². The molecule has 1 aromatic heterocycles. The molecule has 0 radical (unpaired) electrons. The summed E-state index contributed by atoms with van der Waals surface area (Å²) in [5.74, 6) is 0.702. The average Bonchev–Trinajstić information content (AvgIpc) is 3.08. The molecule has 0 aliphatic heterocycles. The third-order valence-corrected chi connectivity index (χ3v) is 6.76. The molecule has 8 heteroatoms. The molecule has 1 heterocycles. The van der Waals surface area contributed by atoms with Crippen molar-refractivity contribution in [3.8, 4) is 5.75 Å². The van der Waals surface area contributed by atoms with E-state index >= 15 is 0 Å². The van der Waals surface area contributed by atoms with Crippen LogP contribution in [0.25, 0.3) is 11.0 Å². The van der Waals surface area contributed by atoms with E-state index in [9.17, 15) is 18.0 Å². The Kier molecular flexibility index (Phi) is 6.60. The van der Waals surface area contributed by atoms with E-state index in [2.05, 4.69) is 30.1 Å². The molecule has 3 aromatic rings. The van der Waals surface area contributed by atoms with E-state index in [1.165, 1.54) is 19.2 Å². The average molecular weight is 489 g/mol. The minimum Gasteiger partial charge on any atom is -0.465 e. The Bertz CT molecular complexity index is 1230. The molecule has 35 heavy (non-hydrogen) atoms. The lowest BCUT2D eigenvalue weighted by Gasteiger charge is -2.40. The van der Waals surface area contributed by atoms with E-state index in [-0.39, 0.29) is 17.2 Å². The second kappa shape index (κ2) is 9.21. The van der Waals surface area contributed by atoms with Gasteiger partial charge in [-0.25, -0.2) is 9.78 Å². The number of fused-ring (bicyclic) bond motifs is 1. The van der Waals surface area contributed by atoms with Crippen LogP contribution in [-0.4, -0.2) is 29.0 Å². The van der Waals surface area contributed by atoms with Crippen LogP contribution in [0.5, 0.6) is 5.75 Å². The summed E-state index contributed by atoms with van der Waals surface area (Å²) in [6.07, 6.45) is -1.13. The Hall–Kier alpha value is -3.03. The summed E-state index contributed by atoms with van der Waals surface area (Å²) in [6.45, 7) is 8.73. The number of alkyl halides is 3. The number of hydrogen-bond acceptors (Lipinski definition) is 4. The smallest absolute Gasteiger partial charge is 0.465 e. The molecule has 188 valence electrons. The van der Waals surface area contributed by atoms with Crippen molar-refractivity contribution in [3.63, 3.8) is 0 Å². The van der Waals surface area contributed by atoms with Gasteiger partial charge in [0.1, 0.15) is 11.6 Å². The van der Waals surface area contributed by atoms with Crippen molar-refractivity contribution in [3.05, 3.63) is 58.9 Å². The van der Waals surface area contributed by atoms with E-state index < -0.39 is 12.3 Å². The van der Waals surface area contributed by atoms with E-state index in [0.717, 1.165) is 41.7 Å². The molecule has 2 unspecified atom stereocenters. The number of aromatic nitrogens is 2. The fourth-order valence-electron chi connectivity index (χ4n) is 5.64. The number of methoxy groups -OCH3 is 1. The van der Waals surface area contributed by atoms with Crippen LogP contribution >= 0.6 is 0 Å². The van der Waals surface area contributed by atoms with Crippen LogP contribution in [0.2, 0.25) is 0 Å². The number of rotatable bonds is 5. The van der Waals surface area contributed by atoms with Crippen LogP contribution in [0.15, 0.2) is 36.4 Å². The van der Waals surface area contributed by atoms with Gasteiger partial charge < -0.3 is 14.0 Å². The Morgan fingerprint density at radius 3 is 2.46 bits per heavy atom. The second-order valence-corrected chi connectivity index (χ2v) is 10.5. The zero-order valence-electron chi connectivity index (χ0n) is 20.7. The van der Waals surface area contributed by atoms with Gasteiger partial charge in [0, 0.05) is 12.5 Å². The van der Waals surface area contributed by atoms with Crippen LogP contribution in [0.4, 0.5) is 13.2 Å². The molecule has 1 saturated carbocycles. The number of benzene rings is 2. The Balaban J connectivity index is 1.77. The minimum absolute atomic E-state index is 0.174. The molecule has 0 saturated heterocycles. The standard InChI is InChI=1S/C27H31F3N2O3/c1-16-10-19(15-26(3,4)14-16)32-23-11-17(2)21(25(33)34-5)13-22(23)31-24(32)12-18-6-8-20(9-7-18)35-27(28,29)30/h6-9,11,13,16,19H,10,12,14-15H2,1-5H3. The fourth-order valence-corrected chi connectivity index (χ4v) is 5.64. The number of aryl methyl sites for hydroxylation is 1. The number of carbonyl (C=O) groups is 1. The fraction of sp³-hybridized carbons (Fsp3) is 0.481. The van der Waals surface area contributed by atoms with Gasteiger partial charge in [0.2, 0.25) is 0 Å². The molecule has 0 amide bonds. The maximum absolute atomic E-state index is 12.5. The predicted molar refractivity (Wildman–Crippen MR) is 128 cm³/mol. The van der Waals surface area contributed by atoms with Gasteiger partial charge in [-0.3, -0.25) is 0 Å². The van der Waals surface area contributed by atoms with E-state index in [1.807, 2.05) is 13.0 Å². The van der Waals surface area contributed by atoms with Crippen molar-refractivity contribution in [1.29, 1.82) is 0 Å². The molecular formula is C27H31F3N2O3. The number of hydrogen-bond donors (Lipinski definition) is 0. The third-order valence-electron chi connectivity index (χ3n) is 6.76. The molecule has 1 aliphatic rings. The van der Waals surface area contributed by atoms with Gasteiger partial charge in [0.05, 0.1) is 23.7 Å². The molecule has 0 N–H and O–H groups in total. The maximum atomic E-state index is 12.5. The SMILES string of the molecule is COC(=O)c1cc2nc(Cc3ccc(OC(F)(F)F)cc3)n(C3CC(C)CC(C)(C)C3)c2cc1C. The summed E-state index contributed by atoms with van der Waals surface area (Å²) in [5.41, 5.74) is 3.95. The molecule has 5 nitrogen and oxygen atoms in total. The lowest BCUT2D eigenvalue weighted by molar-refractivity contribution is -0.274. The zero-order valence-corrected chi connectivity index (χ0v) is 20.7.